The largest absolute Gasteiger partial charge is 0.281 e. The van der Waals surface area contributed by atoms with Crippen molar-refractivity contribution in [3.05, 3.63) is 24.1 Å². The van der Waals surface area contributed by atoms with E-state index in [9.17, 15) is 17.6 Å². The molecule has 1 aliphatic rings. The van der Waals surface area contributed by atoms with Gasteiger partial charge in [0.25, 0.3) is 10.0 Å². The molecule has 5 nitrogen and oxygen atoms in total. The molecule has 20 heavy (non-hydrogen) atoms. The normalized spacial score (nSPS) is 23.3. The van der Waals surface area contributed by atoms with Crippen LogP contribution in [0.4, 0.5) is 4.39 Å². The van der Waals surface area contributed by atoms with E-state index in [1.165, 1.54) is 0 Å². The molecule has 1 aromatic rings. The molecule has 1 amide bonds. The van der Waals surface area contributed by atoms with E-state index in [4.69, 9.17) is 0 Å². The summed E-state index contributed by atoms with van der Waals surface area (Å²) in [6, 6.07) is 2.03. The van der Waals surface area contributed by atoms with E-state index in [-0.39, 0.29) is 16.9 Å². The number of sulfonamides is 1. The average Bonchev–Trinajstić information content (AvgIpc) is 2.39. The lowest BCUT2D eigenvalue weighted by molar-refractivity contribution is -0.125. The Bertz CT molecular complexity index is 586. The fraction of sp³-hybridized carbons (Fsp3) is 0.538. The molecule has 0 spiro atoms. The first-order chi connectivity index (χ1) is 9.40. The Kier molecular flexibility index (Phi) is 4.37. The van der Waals surface area contributed by atoms with E-state index in [0.29, 0.717) is 6.42 Å². The summed E-state index contributed by atoms with van der Waals surface area (Å²) in [5.41, 5.74) is 0. The summed E-state index contributed by atoms with van der Waals surface area (Å²) in [6.07, 6.45) is 4.42. The number of amides is 1. The molecule has 0 radical (unpaired) electrons. The number of aromatic nitrogens is 1. The van der Waals surface area contributed by atoms with Gasteiger partial charge in [-0.1, -0.05) is 19.8 Å². The molecule has 2 unspecified atom stereocenters. The highest BCUT2D eigenvalue weighted by molar-refractivity contribution is 7.90. The fourth-order valence-electron chi connectivity index (χ4n) is 2.49. The molecule has 1 fully saturated rings. The van der Waals surface area contributed by atoms with E-state index in [1.54, 1.807) is 0 Å². The first-order valence-electron chi connectivity index (χ1n) is 6.58. The smallest absolute Gasteiger partial charge is 0.274 e. The van der Waals surface area contributed by atoms with Gasteiger partial charge in [0.05, 0.1) is 6.20 Å². The third kappa shape index (κ3) is 3.33. The molecular weight excluding hydrogens is 283 g/mol. The minimum absolute atomic E-state index is 0.167. The molecule has 110 valence electrons. The van der Waals surface area contributed by atoms with Gasteiger partial charge in [0.2, 0.25) is 5.91 Å². The average molecular weight is 300 g/mol. The van der Waals surface area contributed by atoms with Crippen LogP contribution in [0, 0.1) is 17.7 Å². The number of carbonyl (C=O) groups excluding carboxylic acids is 1. The number of hydrogen-bond acceptors (Lipinski definition) is 4. The third-order valence-corrected chi connectivity index (χ3v) is 4.92. The van der Waals surface area contributed by atoms with Gasteiger partial charge in [0.1, 0.15) is 5.82 Å². The number of hydrogen-bond donors (Lipinski definition) is 1. The number of rotatable bonds is 3. The van der Waals surface area contributed by atoms with Crippen LogP contribution in [0.3, 0.4) is 0 Å². The van der Waals surface area contributed by atoms with Crippen LogP contribution in [-0.2, 0) is 14.8 Å². The maximum absolute atomic E-state index is 12.7. The predicted octanol–water partition coefficient (Wildman–Crippen LogP) is 1.85. The Morgan fingerprint density at radius 3 is 2.65 bits per heavy atom. The lowest BCUT2D eigenvalue weighted by atomic mass is 9.80. The third-order valence-electron chi connectivity index (χ3n) is 3.66. The highest BCUT2D eigenvalue weighted by atomic mass is 32.2. The summed E-state index contributed by atoms with van der Waals surface area (Å²) in [5.74, 6) is -1.25. The van der Waals surface area contributed by atoms with Crippen molar-refractivity contribution < 1.29 is 17.6 Å². The quantitative estimate of drug-likeness (QED) is 0.924. The zero-order valence-corrected chi connectivity index (χ0v) is 12.0. The number of pyridine rings is 1. The van der Waals surface area contributed by atoms with Crippen molar-refractivity contribution in [1.29, 1.82) is 0 Å². The summed E-state index contributed by atoms with van der Waals surface area (Å²) in [5, 5.41) is -0.351. The van der Waals surface area contributed by atoms with Gasteiger partial charge < -0.3 is 0 Å². The van der Waals surface area contributed by atoms with Crippen molar-refractivity contribution in [3.8, 4) is 0 Å². The summed E-state index contributed by atoms with van der Waals surface area (Å²) >= 11 is 0. The molecule has 1 heterocycles. The van der Waals surface area contributed by atoms with Crippen LogP contribution in [0.5, 0.6) is 0 Å². The second-order valence-corrected chi connectivity index (χ2v) is 6.78. The Morgan fingerprint density at radius 2 is 2.05 bits per heavy atom. The molecule has 2 atom stereocenters. The van der Waals surface area contributed by atoms with Crippen molar-refractivity contribution in [2.45, 2.75) is 37.6 Å². The molecule has 7 heteroatoms. The molecule has 0 bridgehead atoms. The summed E-state index contributed by atoms with van der Waals surface area (Å²) in [4.78, 5) is 15.6. The lowest BCUT2D eigenvalue weighted by Crippen LogP contribution is -2.39. The zero-order chi connectivity index (χ0) is 14.8. The van der Waals surface area contributed by atoms with Gasteiger partial charge in [-0.05, 0) is 30.9 Å². The van der Waals surface area contributed by atoms with Crippen LogP contribution in [0.15, 0.2) is 23.4 Å². The molecular formula is C13H17FN2O3S. The summed E-state index contributed by atoms with van der Waals surface area (Å²) in [7, 11) is -4.03. The van der Waals surface area contributed by atoms with Gasteiger partial charge in [-0.2, -0.15) is 8.42 Å². The van der Waals surface area contributed by atoms with E-state index in [1.807, 2.05) is 11.6 Å². The van der Waals surface area contributed by atoms with E-state index >= 15 is 0 Å². The van der Waals surface area contributed by atoms with Crippen LogP contribution in [0.25, 0.3) is 0 Å². The van der Waals surface area contributed by atoms with E-state index in [0.717, 1.165) is 37.6 Å². The molecule has 1 saturated carbocycles. The van der Waals surface area contributed by atoms with Gasteiger partial charge in [-0.15, -0.1) is 0 Å². The molecule has 1 aromatic heterocycles. The van der Waals surface area contributed by atoms with Crippen LogP contribution < -0.4 is 4.72 Å². The van der Waals surface area contributed by atoms with Crippen LogP contribution >= 0.6 is 0 Å². The van der Waals surface area contributed by atoms with Crippen molar-refractivity contribution in [3.63, 3.8) is 0 Å². The van der Waals surface area contributed by atoms with Crippen molar-refractivity contribution >= 4 is 15.9 Å². The zero-order valence-electron chi connectivity index (χ0n) is 11.2. The molecule has 0 aromatic carbocycles. The minimum Gasteiger partial charge on any atom is -0.274 e. The standard InChI is InChI=1S/C13H17FN2O3S/c1-9-4-2-3-5-11(9)13(17)16-20(18,19)12-7-6-10(14)8-15-12/h6-9,11H,2-5H2,1H3,(H,16,17). The second-order valence-electron chi connectivity index (χ2n) is 5.15. The number of nitrogens with one attached hydrogen (secondary N) is 1. The molecule has 2 rings (SSSR count). The Labute approximate surface area is 117 Å². The van der Waals surface area contributed by atoms with Crippen molar-refractivity contribution in [1.82, 2.24) is 9.71 Å². The number of nitrogens with zero attached hydrogens (tertiary/aromatic N) is 1. The lowest BCUT2D eigenvalue weighted by Gasteiger charge is -2.27. The molecule has 1 N–H and O–H groups in total. The van der Waals surface area contributed by atoms with E-state index < -0.39 is 21.7 Å². The van der Waals surface area contributed by atoms with Crippen LogP contribution in [0.2, 0.25) is 0 Å². The first-order valence-corrected chi connectivity index (χ1v) is 8.06. The van der Waals surface area contributed by atoms with Gasteiger partial charge >= 0.3 is 0 Å². The first kappa shape index (κ1) is 14.9. The maximum atomic E-state index is 12.7. The van der Waals surface area contributed by atoms with Crippen molar-refractivity contribution in [2.24, 2.45) is 11.8 Å². The fourth-order valence-corrected chi connectivity index (χ4v) is 3.45. The highest BCUT2D eigenvalue weighted by Crippen LogP contribution is 2.29. The number of halogens is 1. The Balaban J connectivity index is 2.11. The van der Waals surface area contributed by atoms with Crippen LogP contribution in [0.1, 0.15) is 32.6 Å². The van der Waals surface area contributed by atoms with E-state index in [2.05, 4.69) is 4.98 Å². The monoisotopic (exact) mass is 300 g/mol. The maximum Gasteiger partial charge on any atom is 0.281 e. The van der Waals surface area contributed by atoms with Gasteiger partial charge in [0, 0.05) is 5.92 Å². The summed E-state index contributed by atoms with van der Waals surface area (Å²) < 4.78 is 38.7. The molecule has 1 aliphatic carbocycles. The highest BCUT2D eigenvalue weighted by Gasteiger charge is 2.31. The predicted molar refractivity (Wildman–Crippen MR) is 70.6 cm³/mol. The minimum atomic E-state index is -4.03. The molecule has 0 saturated heterocycles. The van der Waals surface area contributed by atoms with Crippen molar-refractivity contribution in [2.75, 3.05) is 0 Å². The topological polar surface area (TPSA) is 76.1 Å². The van der Waals surface area contributed by atoms with Gasteiger partial charge in [-0.25, -0.2) is 14.1 Å². The number of carbonyl (C=O) groups is 1. The van der Waals surface area contributed by atoms with Crippen LogP contribution in [-0.4, -0.2) is 19.3 Å². The molecule has 0 aliphatic heterocycles. The Hall–Kier alpha value is -1.50. The SMILES string of the molecule is CC1CCCCC1C(=O)NS(=O)(=O)c1ccc(F)cn1. The Morgan fingerprint density at radius 1 is 1.35 bits per heavy atom. The van der Waals surface area contributed by atoms with Gasteiger partial charge in [-0.3, -0.25) is 4.79 Å². The summed E-state index contributed by atoms with van der Waals surface area (Å²) in [6.45, 7) is 1.95. The second kappa shape index (κ2) is 5.87. The van der Waals surface area contributed by atoms with Gasteiger partial charge in [0.15, 0.2) is 5.03 Å².